The SMILES string of the molecule is Cc1cccc(NCC(=O)N=Nc2c(O)[nH]c3c(Br)cc(Br)cc23)c1. The minimum Gasteiger partial charge on any atom is -0.493 e. The standard InChI is InChI=1S/C17H14Br2N4O2/c1-9-3-2-4-11(5-9)20-8-14(24)22-23-16-12-6-10(18)7-13(19)15(12)21-17(16)25/h2-7,20-21,25H,8H2,1H3. The van der Waals surface area contributed by atoms with Gasteiger partial charge in [0.2, 0.25) is 5.88 Å². The molecule has 0 atom stereocenters. The average molecular weight is 466 g/mol. The molecule has 0 unspecified atom stereocenters. The summed E-state index contributed by atoms with van der Waals surface area (Å²) in [4.78, 5) is 14.8. The normalized spacial score (nSPS) is 11.3. The highest BCUT2D eigenvalue weighted by molar-refractivity contribution is 9.11. The van der Waals surface area contributed by atoms with Gasteiger partial charge in [-0.3, -0.25) is 4.79 Å². The average Bonchev–Trinajstić information content (AvgIpc) is 2.87. The molecule has 8 heteroatoms. The van der Waals surface area contributed by atoms with Gasteiger partial charge in [-0.15, -0.1) is 10.2 Å². The lowest BCUT2D eigenvalue weighted by atomic mass is 10.2. The maximum Gasteiger partial charge on any atom is 0.283 e. The first-order valence-electron chi connectivity index (χ1n) is 7.39. The number of carbonyl (C=O) groups is 1. The predicted octanol–water partition coefficient (Wildman–Crippen LogP) is 5.43. The lowest BCUT2D eigenvalue weighted by Gasteiger charge is -2.03. The summed E-state index contributed by atoms with van der Waals surface area (Å²) in [6.07, 6.45) is 0. The summed E-state index contributed by atoms with van der Waals surface area (Å²) in [7, 11) is 0. The number of aromatic nitrogens is 1. The van der Waals surface area contributed by atoms with Crippen molar-refractivity contribution in [1.29, 1.82) is 0 Å². The van der Waals surface area contributed by atoms with Gasteiger partial charge < -0.3 is 15.4 Å². The van der Waals surface area contributed by atoms with Crippen LogP contribution in [-0.2, 0) is 4.79 Å². The number of hydrogen-bond donors (Lipinski definition) is 3. The van der Waals surface area contributed by atoms with Gasteiger partial charge in [0, 0.05) is 20.0 Å². The fourth-order valence-electron chi connectivity index (χ4n) is 2.37. The number of benzene rings is 2. The van der Waals surface area contributed by atoms with E-state index in [4.69, 9.17) is 0 Å². The molecule has 0 spiro atoms. The Morgan fingerprint density at radius 3 is 2.84 bits per heavy atom. The van der Waals surface area contributed by atoms with Gasteiger partial charge in [0.15, 0.2) is 5.69 Å². The molecule has 2 aromatic carbocycles. The van der Waals surface area contributed by atoms with Crippen LogP contribution in [0.5, 0.6) is 5.88 Å². The van der Waals surface area contributed by atoms with Gasteiger partial charge in [0.25, 0.3) is 5.91 Å². The molecule has 25 heavy (non-hydrogen) atoms. The van der Waals surface area contributed by atoms with Crippen molar-refractivity contribution in [2.75, 3.05) is 11.9 Å². The van der Waals surface area contributed by atoms with Gasteiger partial charge in [0.05, 0.1) is 12.1 Å². The molecule has 3 rings (SSSR count). The van der Waals surface area contributed by atoms with Crippen molar-refractivity contribution in [1.82, 2.24) is 4.98 Å². The van der Waals surface area contributed by atoms with Crippen molar-refractivity contribution in [3.63, 3.8) is 0 Å². The number of nitrogens with one attached hydrogen (secondary N) is 2. The third-order valence-corrected chi connectivity index (χ3v) is 4.58. The van der Waals surface area contributed by atoms with Crippen molar-refractivity contribution in [2.24, 2.45) is 10.2 Å². The van der Waals surface area contributed by atoms with Gasteiger partial charge in [-0.1, -0.05) is 28.1 Å². The van der Waals surface area contributed by atoms with E-state index in [1.54, 1.807) is 6.07 Å². The lowest BCUT2D eigenvalue weighted by molar-refractivity contribution is -0.116. The van der Waals surface area contributed by atoms with Crippen molar-refractivity contribution in [3.8, 4) is 5.88 Å². The molecule has 3 aromatic rings. The van der Waals surface area contributed by atoms with Gasteiger partial charge >= 0.3 is 0 Å². The second-order valence-corrected chi connectivity index (χ2v) is 7.22. The number of fused-ring (bicyclic) bond motifs is 1. The quantitative estimate of drug-likeness (QED) is 0.448. The second-order valence-electron chi connectivity index (χ2n) is 5.45. The maximum atomic E-state index is 11.9. The minimum atomic E-state index is -0.440. The number of aromatic amines is 1. The fourth-order valence-corrected chi connectivity index (χ4v) is 3.69. The summed E-state index contributed by atoms with van der Waals surface area (Å²) < 4.78 is 1.58. The highest BCUT2D eigenvalue weighted by atomic mass is 79.9. The number of aromatic hydroxyl groups is 1. The molecule has 1 amide bonds. The van der Waals surface area contributed by atoms with Crippen molar-refractivity contribution in [3.05, 3.63) is 50.9 Å². The fraction of sp³-hybridized carbons (Fsp3) is 0.118. The smallest absolute Gasteiger partial charge is 0.283 e. The summed E-state index contributed by atoms with van der Waals surface area (Å²) in [5.41, 5.74) is 2.84. The number of hydrogen-bond acceptors (Lipinski definition) is 4. The first-order chi connectivity index (χ1) is 11.9. The molecular weight excluding hydrogens is 452 g/mol. The molecule has 0 aliphatic heterocycles. The van der Waals surface area contributed by atoms with Crippen LogP contribution in [-0.4, -0.2) is 22.5 Å². The topological polar surface area (TPSA) is 89.8 Å². The molecule has 0 fully saturated rings. The number of anilines is 1. The van der Waals surface area contributed by atoms with Crippen LogP contribution in [0.1, 0.15) is 5.56 Å². The van der Waals surface area contributed by atoms with E-state index in [-0.39, 0.29) is 18.1 Å². The van der Waals surface area contributed by atoms with E-state index >= 15 is 0 Å². The Labute approximate surface area is 160 Å². The van der Waals surface area contributed by atoms with E-state index in [9.17, 15) is 9.90 Å². The Bertz CT molecular complexity index is 982. The summed E-state index contributed by atoms with van der Waals surface area (Å²) in [5, 5.41) is 21.3. The molecule has 3 N–H and O–H groups in total. The molecule has 6 nitrogen and oxygen atoms in total. The number of halogens is 2. The van der Waals surface area contributed by atoms with Crippen molar-refractivity contribution >= 4 is 60.0 Å². The van der Waals surface area contributed by atoms with Crippen LogP contribution in [0.3, 0.4) is 0 Å². The molecule has 0 aliphatic rings. The largest absolute Gasteiger partial charge is 0.493 e. The van der Waals surface area contributed by atoms with Crippen LogP contribution < -0.4 is 5.32 Å². The summed E-state index contributed by atoms with van der Waals surface area (Å²) in [6.45, 7) is 1.99. The molecule has 1 heterocycles. The van der Waals surface area contributed by atoms with Crippen LogP contribution in [0, 0.1) is 6.92 Å². The number of amides is 1. The van der Waals surface area contributed by atoms with Gasteiger partial charge in [-0.25, -0.2) is 0 Å². The van der Waals surface area contributed by atoms with Crippen LogP contribution in [0.15, 0.2) is 55.6 Å². The lowest BCUT2D eigenvalue weighted by Crippen LogP contribution is -2.10. The predicted molar refractivity (Wildman–Crippen MR) is 105 cm³/mol. The maximum absolute atomic E-state index is 11.9. The first-order valence-corrected chi connectivity index (χ1v) is 8.97. The van der Waals surface area contributed by atoms with Crippen LogP contribution >= 0.6 is 31.9 Å². The Morgan fingerprint density at radius 1 is 1.28 bits per heavy atom. The van der Waals surface area contributed by atoms with E-state index < -0.39 is 5.91 Å². The molecule has 128 valence electrons. The van der Waals surface area contributed by atoms with E-state index in [0.717, 1.165) is 20.2 Å². The zero-order valence-electron chi connectivity index (χ0n) is 13.2. The zero-order chi connectivity index (χ0) is 18.0. The number of carbonyl (C=O) groups excluding carboxylic acids is 1. The monoisotopic (exact) mass is 464 g/mol. The third-order valence-electron chi connectivity index (χ3n) is 3.50. The van der Waals surface area contributed by atoms with Gasteiger partial charge in [-0.2, -0.15) is 0 Å². The van der Waals surface area contributed by atoms with E-state index in [2.05, 4.69) is 52.4 Å². The number of H-pyrrole nitrogens is 1. The van der Waals surface area contributed by atoms with E-state index in [1.807, 2.05) is 37.3 Å². The molecule has 1 aromatic heterocycles. The van der Waals surface area contributed by atoms with Gasteiger partial charge in [0.1, 0.15) is 0 Å². The molecular formula is C17H14Br2N4O2. The second kappa shape index (κ2) is 7.37. The Hall–Kier alpha value is -2.19. The van der Waals surface area contributed by atoms with Crippen LogP contribution in [0.25, 0.3) is 10.9 Å². The molecule has 0 radical (unpaired) electrons. The van der Waals surface area contributed by atoms with Gasteiger partial charge in [-0.05, 0) is 52.7 Å². The minimum absolute atomic E-state index is 0.0173. The number of nitrogens with zero attached hydrogens (tertiary/aromatic N) is 2. The summed E-state index contributed by atoms with van der Waals surface area (Å²) in [5.74, 6) is -0.582. The molecule has 0 bridgehead atoms. The highest BCUT2D eigenvalue weighted by Crippen LogP contribution is 2.40. The summed E-state index contributed by atoms with van der Waals surface area (Å²) in [6, 6.07) is 11.3. The van der Waals surface area contributed by atoms with Crippen molar-refractivity contribution in [2.45, 2.75) is 6.92 Å². The van der Waals surface area contributed by atoms with E-state index in [1.165, 1.54) is 0 Å². The number of rotatable bonds is 4. The van der Waals surface area contributed by atoms with Crippen LogP contribution in [0.4, 0.5) is 11.4 Å². The third kappa shape index (κ3) is 4.08. The molecule has 0 saturated carbocycles. The van der Waals surface area contributed by atoms with Crippen molar-refractivity contribution < 1.29 is 9.90 Å². The summed E-state index contributed by atoms with van der Waals surface area (Å²) >= 11 is 6.80. The van der Waals surface area contributed by atoms with E-state index in [0.29, 0.717) is 10.9 Å². The number of azo groups is 1. The number of aryl methyl sites for hydroxylation is 1. The van der Waals surface area contributed by atoms with Crippen LogP contribution in [0.2, 0.25) is 0 Å². The first kappa shape index (κ1) is 17.6. The Kier molecular flexibility index (Phi) is 5.19. The molecule has 0 aliphatic carbocycles. The Balaban J connectivity index is 1.76. The Morgan fingerprint density at radius 2 is 2.08 bits per heavy atom. The molecule has 0 saturated heterocycles. The highest BCUT2D eigenvalue weighted by Gasteiger charge is 2.14. The zero-order valence-corrected chi connectivity index (χ0v) is 16.3.